The first-order valence-corrected chi connectivity index (χ1v) is 7.94. The molecule has 0 aliphatic carbocycles. The third-order valence-electron chi connectivity index (χ3n) is 4.60. The number of benzene rings is 2. The highest BCUT2D eigenvalue weighted by Crippen LogP contribution is 2.33. The fraction of sp³-hybridized carbons (Fsp3) is 0.263. The first kappa shape index (κ1) is 16.1. The molecular formula is C19H19NO4. The van der Waals surface area contributed by atoms with E-state index < -0.39 is 18.1 Å². The number of carbonyl (C=O) groups is 2. The molecule has 1 aliphatic heterocycles. The SMILES string of the molecule is O=C(O)[C@H]1C[C@@H](c2cccc(-c3ccccc3)c2)CCN1C(=O)O. The van der Waals surface area contributed by atoms with Crippen LogP contribution in [-0.4, -0.2) is 39.8 Å². The number of carboxylic acids is 1. The van der Waals surface area contributed by atoms with E-state index in [1.807, 2.05) is 48.5 Å². The van der Waals surface area contributed by atoms with Gasteiger partial charge in [0.1, 0.15) is 6.04 Å². The van der Waals surface area contributed by atoms with E-state index in [2.05, 4.69) is 6.07 Å². The molecule has 3 rings (SSSR count). The first-order chi connectivity index (χ1) is 11.6. The van der Waals surface area contributed by atoms with Crippen LogP contribution in [0.4, 0.5) is 4.79 Å². The quantitative estimate of drug-likeness (QED) is 0.902. The summed E-state index contributed by atoms with van der Waals surface area (Å²) in [5.74, 6) is -1.04. The first-order valence-electron chi connectivity index (χ1n) is 7.94. The zero-order valence-electron chi connectivity index (χ0n) is 13.1. The average molecular weight is 325 g/mol. The van der Waals surface area contributed by atoms with Gasteiger partial charge in [-0.15, -0.1) is 0 Å². The molecule has 2 aromatic rings. The minimum Gasteiger partial charge on any atom is -0.480 e. The average Bonchev–Trinajstić information content (AvgIpc) is 2.62. The van der Waals surface area contributed by atoms with E-state index in [0.717, 1.165) is 21.6 Å². The minimum atomic E-state index is -1.17. The van der Waals surface area contributed by atoms with Crippen molar-refractivity contribution in [2.45, 2.75) is 24.8 Å². The lowest BCUT2D eigenvalue weighted by Gasteiger charge is -2.35. The zero-order valence-corrected chi connectivity index (χ0v) is 13.1. The summed E-state index contributed by atoms with van der Waals surface area (Å²) in [6.45, 7) is 0.243. The Morgan fingerprint density at radius 3 is 2.33 bits per heavy atom. The summed E-state index contributed by atoms with van der Waals surface area (Å²) in [5, 5.41) is 18.5. The van der Waals surface area contributed by atoms with E-state index in [-0.39, 0.29) is 12.5 Å². The second-order valence-electron chi connectivity index (χ2n) is 6.04. The Labute approximate surface area is 140 Å². The number of rotatable bonds is 3. The molecule has 2 N–H and O–H groups in total. The molecule has 0 unspecified atom stereocenters. The van der Waals surface area contributed by atoms with Crippen LogP contribution in [0.15, 0.2) is 54.6 Å². The largest absolute Gasteiger partial charge is 0.480 e. The number of likely N-dealkylation sites (tertiary alicyclic amines) is 1. The van der Waals surface area contributed by atoms with Crippen molar-refractivity contribution in [3.8, 4) is 11.1 Å². The molecule has 5 heteroatoms. The summed E-state index contributed by atoms with van der Waals surface area (Å²) in [6, 6.07) is 17.1. The van der Waals surface area contributed by atoms with Crippen LogP contribution in [0, 0.1) is 0 Å². The topological polar surface area (TPSA) is 77.8 Å². The highest BCUT2D eigenvalue weighted by Gasteiger charge is 2.36. The van der Waals surface area contributed by atoms with Gasteiger partial charge < -0.3 is 10.2 Å². The lowest BCUT2D eigenvalue weighted by atomic mass is 9.84. The normalized spacial score (nSPS) is 20.6. The van der Waals surface area contributed by atoms with Crippen LogP contribution in [0.25, 0.3) is 11.1 Å². The van der Waals surface area contributed by atoms with Gasteiger partial charge in [-0.1, -0.05) is 54.6 Å². The van der Waals surface area contributed by atoms with Crippen molar-refractivity contribution in [2.75, 3.05) is 6.54 Å². The van der Waals surface area contributed by atoms with Gasteiger partial charge in [-0.3, -0.25) is 4.90 Å². The molecule has 5 nitrogen and oxygen atoms in total. The van der Waals surface area contributed by atoms with E-state index in [4.69, 9.17) is 5.11 Å². The molecule has 2 aromatic carbocycles. The number of hydrogen-bond donors (Lipinski definition) is 2. The summed E-state index contributed by atoms with van der Waals surface area (Å²) >= 11 is 0. The lowest BCUT2D eigenvalue weighted by molar-refractivity contribution is -0.144. The molecule has 1 aliphatic rings. The van der Waals surface area contributed by atoms with Gasteiger partial charge in [0, 0.05) is 6.54 Å². The summed E-state index contributed by atoms with van der Waals surface area (Å²) in [6.07, 6.45) is -0.229. The van der Waals surface area contributed by atoms with Crippen LogP contribution in [-0.2, 0) is 4.79 Å². The van der Waals surface area contributed by atoms with Crippen molar-refractivity contribution in [1.29, 1.82) is 0 Å². The molecule has 124 valence electrons. The maximum Gasteiger partial charge on any atom is 0.408 e. The third kappa shape index (κ3) is 3.25. The van der Waals surface area contributed by atoms with Crippen molar-refractivity contribution in [3.63, 3.8) is 0 Å². The minimum absolute atomic E-state index is 0.0466. The van der Waals surface area contributed by atoms with Crippen LogP contribution in [0.1, 0.15) is 24.3 Å². The van der Waals surface area contributed by atoms with Gasteiger partial charge in [-0.25, -0.2) is 9.59 Å². The van der Waals surface area contributed by atoms with Gasteiger partial charge in [0.05, 0.1) is 0 Å². The van der Waals surface area contributed by atoms with Gasteiger partial charge in [-0.05, 0) is 35.4 Å². The molecule has 2 atom stereocenters. The molecular weight excluding hydrogens is 306 g/mol. The van der Waals surface area contributed by atoms with Crippen molar-refractivity contribution in [1.82, 2.24) is 4.90 Å². The van der Waals surface area contributed by atoms with Crippen molar-refractivity contribution in [2.24, 2.45) is 0 Å². The van der Waals surface area contributed by atoms with E-state index >= 15 is 0 Å². The Morgan fingerprint density at radius 2 is 1.67 bits per heavy atom. The van der Waals surface area contributed by atoms with Crippen LogP contribution < -0.4 is 0 Å². The Morgan fingerprint density at radius 1 is 0.958 bits per heavy atom. The third-order valence-corrected chi connectivity index (χ3v) is 4.60. The monoisotopic (exact) mass is 325 g/mol. The Balaban J connectivity index is 1.85. The number of aliphatic carboxylic acids is 1. The summed E-state index contributed by atoms with van der Waals surface area (Å²) < 4.78 is 0. The number of carboxylic acid groups (broad SMARTS) is 2. The van der Waals surface area contributed by atoms with Crippen LogP contribution in [0.3, 0.4) is 0 Å². The molecule has 0 saturated carbocycles. The molecule has 0 aromatic heterocycles. The van der Waals surface area contributed by atoms with E-state index in [1.165, 1.54) is 0 Å². The van der Waals surface area contributed by atoms with E-state index in [1.54, 1.807) is 0 Å². The highest BCUT2D eigenvalue weighted by atomic mass is 16.4. The van der Waals surface area contributed by atoms with Crippen LogP contribution >= 0.6 is 0 Å². The predicted molar refractivity (Wildman–Crippen MR) is 90.0 cm³/mol. The highest BCUT2D eigenvalue weighted by molar-refractivity contribution is 5.79. The molecule has 24 heavy (non-hydrogen) atoms. The number of hydrogen-bond acceptors (Lipinski definition) is 2. The Hall–Kier alpha value is -2.82. The van der Waals surface area contributed by atoms with Gasteiger partial charge in [0.25, 0.3) is 0 Å². The van der Waals surface area contributed by atoms with Gasteiger partial charge in [0.15, 0.2) is 0 Å². The maximum absolute atomic E-state index is 11.4. The lowest BCUT2D eigenvalue weighted by Crippen LogP contribution is -2.49. The number of piperidine rings is 1. The fourth-order valence-electron chi connectivity index (χ4n) is 3.33. The smallest absolute Gasteiger partial charge is 0.408 e. The molecule has 0 radical (unpaired) electrons. The molecule has 0 bridgehead atoms. The molecule has 1 heterocycles. The Bertz CT molecular complexity index is 744. The van der Waals surface area contributed by atoms with Gasteiger partial charge in [-0.2, -0.15) is 0 Å². The fourth-order valence-corrected chi connectivity index (χ4v) is 3.33. The van der Waals surface area contributed by atoms with E-state index in [9.17, 15) is 14.7 Å². The van der Waals surface area contributed by atoms with Gasteiger partial charge in [0.2, 0.25) is 0 Å². The van der Waals surface area contributed by atoms with Gasteiger partial charge >= 0.3 is 12.1 Å². The second-order valence-corrected chi connectivity index (χ2v) is 6.04. The molecule has 1 fully saturated rings. The Kier molecular flexibility index (Phi) is 4.51. The van der Waals surface area contributed by atoms with Crippen LogP contribution in [0.5, 0.6) is 0 Å². The summed E-state index contributed by atoms with van der Waals surface area (Å²) in [5.41, 5.74) is 3.25. The number of amides is 1. The maximum atomic E-state index is 11.4. The van der Waals surface area contributed by atoms with Crippen LogP contribution in [0.2, 0.25) is 0 Å². The molecule has 1 saturated heterocycles. The predicted octanol–water partition coefficient (Wildman–Crippen LogP) is 3.66. The molecule has 1 amide bonds. The van der Waals surface area contributed by atoms with Crippen molar-refractivity contribution >= 4 is 12.1 Å². The summed E-state index contributed by atoms with van der Waals surface area (Å²) in [4.78, 5) is 23.7. The second kappa shape index (κ2) is 6.74. The van der Waals surface area contributed by atoms with Crippen molar-refractivity contribution < 1.29 is 19.8 Å². The van der Waals surface area contributed by atoms with Crippen molar-refractivity contribution in [3.05, 3.63) is 60.2 Å². The molecule has 0 spiro atoms. The summed E-state index contributed by atoms with van der Waals surface area (Å²) in [7, 11) is 0. The van der Waals surface area contributed by atoms with E-state index in [0.29, 0.717) is 12.8 Å². The number of nitrogens with zero attached hydrogens (tertiary/aromatic N) is 1. The zero-order chi connectivity index (χ0) is 17.1. The standard InChI is InChI=1S/C19H19NO4/c21-18(22)17-12-16(9-10-20(17)19(23)24)15-8-4-7-14(11-15)13-5-2-1-3-6-13/h1-8,11,16-17H,9-10,12H2,(H,21,22)(H,23,24)/t16-,17+/m0/s1.